The van der Waals surface area contributed by atoms with E-state index in [-0.39, 0.29) is 39.8 Å². The van der Waals surface area contributed by atoms with Crippen molar-refractivity contribution in [1.29, 1.82) is 0 Å². The third-order valence-electron chi connectivity index (χ3n) is 10.7. The third kappa shape index (κ3) is 6.30. The van der Waals surface area contributed by atoms with Crippen LogP contribution in [0.5, 0.6) is 23.1 Å². The number of hydrogen-bond donors (Lipinski definition) is 2. The van der Waals surface area contributed by atoms with Crippen LogP contribution in [0.4, 0.5) is 0 Å². The lowest BCUT2D eigenvalue weighted by molar-refractivity contribution is -0.151. The van der Waals surface area contributed by atoms with Gasteiger partial charge in [0.1, 0.15) is 29.3 Å². The molecule has 1 heterocycles. The van der Waals surface area contributed by atoms with Crippen LogP contribution in [0.1, 0.15) is 90.2 Å². The van der Waals surface area contributed by atoms with E-state index in [4.69, 9.17) is 18.9 Å². The van der Waals surface area contributed by atoms with E-state index in [1.807, 2.05) is 20.8 Å². The van der Waals surface area contributed by atoms with Crippen LogP contribution in [0.25, 0.3) is 10.9 Å². The standard InChI is InChI=1S/C42H44N2O10/c1-13-29-26(10)33(39(46)47)20(4)25(9)37(29)53-38-32-18(2)14-30(27(11)35(32)43-17-44-38)52-40(48)34-21(5)23(7)36(24(8)22(34)6)54-41(49)42(50)19(3)15-28(45)16-31(42)51-12/h14-17,50H,13H2,1-12H3,(H,46,47). The summed E-state index contributed by atoms with van der Waals surface area (Å²) in [5.74, 6) is -2.13. The lowest BCUT2D eigenvalue weighted by Crippen LogP contribution is -2.47. The number of carbonyl (C=O) groups excluding carboxylic acids is 3. The molecule has 0 saturated heterocycles. The number of rotatable bonds is 9. The molecule has 1 aromatic heterocycles. The molecule has 0 fully saturated rings. The van der Waals surface area contributed by atoms with E-state index >= 15 is 0 Å². The molecule has 2 N–H and O–H groups in total. The van der Waals surface area contributed by atoms with E-state index in [1.54, 1.807) is 54.5 Å². The van der Waals surface area contributed by atoms with Gasteiger partial charge in [-0.3, -0.25) is 4.79 Å². The van der Waals surface area contributed by atoms with E-state index in [1.165, 1.54) is 20.4 Å². The first-order valence-electron chi connectivity index (χ1n) is 17.4. The fourth-order valence-electron chi connectivity index (χ4n) is 7.16. The van der Waals surface area contributed by atoms with Crippen molar-refractivity contribution in [2.75, 3.05) is 7.11 Å². The van der Waals surface area contributed by atoms with Crippen molar-refractivity contribution >= 4 is 34.6 Å². The van der Waals surface area contributed by atoms with Crippen LogP contribution < -0.4 is 14.2 Å². The molecule has 0 bridgehead atoms. The average Bonchev–Trinajstić information content (AvgIpc) is 3.11. The maximum Gasteiger partial charge on any atom is 0.356 e. The number of aryl methyl sites for hydroxylation is 2. The molecule has 0 radical (unpaired) electrons. The zero-order valence-corrected chi connectivity index (χ0v) is 32.6. The van der Waals surface area contributed by atoms with Crippen molar-refractivity contribution in [2.45, 2.75) is 88.2 Å². The molecular weight excluding hydrogens is 692 g/mol. The SMILES string of the molecule is CCc1c(C)c(C(=O)O)c(C)c(C)c1Oc1ncnc2c(C)c(OC(=O)c3c(C)c(C)c(OC(=O)C4(O)C(C)=CC(=O)C=C4OC)c(C)c3C)cc(C)c12. The Morgan fingerprint density at radius 3 is 1.93 bits per heavy atom. The number of aromatic nitrogens is 2. The van der Waals surface area contributed by atoms with Gasteiger partial charge in [0.25, 0.3) is 0 Å². The largest absolute Gasteiger partial charge is 0.497 e. The van der Waals surface area contributed by atoms with E-state index in [0.29, 0.717) is 73.1 Å². The number of allylic oxidation sites excluding steroid dienone is 2. The number of ketones is 1. The summed E-state index contributed by atoms with van der Waals surface area (Å²) in [5.41, 5.74) is 4.68. The van der Waals surface area contributed by atoms with Gasteiger partial charge in [-0.1, -0.05) is 6.92 Å². The number of fused-ring (bicyclic) bond motifs is 1. The fraction of sp³-hybridized carbons (Fsp3) is 0.333. The highest BCUT2D eigenvalue weighted by molar-refractivity contribution is 6.06. The van der Waals surface area contributed by atoms with Gasteiger partial charge in [0, 0.05) is 11.6 Å². The van der Waals surface area contributed by atoms with Gasteiger partial charge in [0.2, 0.25) is 11.5 Å². The van der Waals surface area contributed by atoms with Crippen LogP contribution in [0.15, 0.2) is 35.9 Å². The lowest BCUT2D eigenvalue weighted by atomic mass is 9.87. The number of methoxy groups -OCH3 is 1. The van der Waals surface area contributed by atoms with Gasteiger partial charge in [-0.25, -0.2) is 24.4 Å². The molecule has 3 aromatic carbocycles. The predicted octanol–water partition coefficient (Wildman–Crippen LogP) is 7.37. The fourth-order valence-corrected chi connectivity index (χ4v) is 7.16. The van der Waals surface area contributed by atoms with Gasteiger partial charge in [-0.05, 0) is 143 Å². The molecule has 12 heteroatoms. The number of carboxylic acid groups (broad SMARTS) is 1. The summed E-state index contributed by atoms with van der Waals surface area (Å²) >= 11 is 0. The van der Waals surface area contributed by atoms with Crippen molar-refractivity contribution in [1.82, 2.24) is 9.97 Å². The summed E-state index contributed by atoms with van der Waals surface area (Å²) in [6.45, 7) is 19.2. The second-order valence-electron chi connectivity index (χ2n) is 13.7. The van der Waals surface area contributed by atoms with E-state index in [9.17, 15) is 29.4 Å². The number of aliphatic hydroxyl groups is 1. The molecule has 54 heavy (non-hydrogen) atoms. The summed E-state index contributed by atoms with van der Waals surface area (Å²) in [6.07, 6.45) is 4.08. The third-order valence-corrected chi connectivity index (χ3v) is 10.7. The lowest BCUT2D eigenvalue weighted by Gasteiger charge is -2.31. The van der Waals surface area contributed by atoms with Crippen molar-refractivity contribution in [3.63, 3.8) is 0 Å². The van der Waals surface area contributed by atoms with Gasteiger partial charge in [-0.2, -0.15) is 0 Å². The Hall–Kier alpha value is -5.88. The first-order chi connectivity index (χ1) is 25.3. The van der Waals surface area contributed by atoms with Gasteiger partial charge in [0.15, 0.2) is 5.78 Å². The molecule has 1 atom stereocenters. The predicted molar refractivity (Wildman–Crippen MR) is 201 cm³/mol. The number of nitrogens with zero attached hydrogens (tertiary/aromatic N) is 2. The smallest absolute Gasteiger partial charge is 0.356 e. The topological polar surface area (TPSA) is 171 Å². The van der Waals surface area contributed by atoms with Crippen LogP contribution in [0, 0.1) is 62.3 Å². The molecule has 0 saturated carbocycles. The second-order valence-corrected chi connectivity index (χ2v) is 13.7. The first kappa shape index (κ1) is 39.3. The molecular formula is C42H44N2O10. The Morgan fingerprint density at radius 1 is 0.759 bits per heavy atom. The average molecular weight is 737 g/mol. The summed E-state index contributed by atoms with van der Waals surface area (Å²) in [6, 6.07) is 1.72. The zero-order valence-electron chi connectivity index (χ0n) is 32.6. The van der Waals surface area contributed by atoms with Crippen LogP contribution in [0.2, 0.25) is 0 Å². The number of aromatic carboxylic acids is 1. The molecule has 1 aliphatic carbocycles. The van der Waals surface area contributed by atoms with Crippen LogP contribution in [-0.2, 0) is 20.7 Å². The number of carbonyl (C=O) groups is 4. The van der Waals surface area contributed by atoms with E-state index in [2.05, 4.69) is 9.97 Å². The molecule has 0 amide bonds. The van der Waals surface area contributed by atoms with E-state index < -0.39 is 29.3 Å². The highest BCUT2D eigenvalue weighted by Crippen LogP contribution is 2.41. The van der Waals surface area contributed by atoms with Crippen molar-refractivity contribution in [2.24, 2.45) is 0 Å². The summed E-state index contributed by atoms with van der Waals surface area (Å²) in [4.78, 5) is 60.6. The maximum absolute atomic E-state index is 14.0. The van der Waals surface area contributed by atoms with Gasteiger partial charge in [0.05, 0.1) is 29.1 Å². The summed E-state index contributed by atoms with van der Waals surface area (Å²) < 4.78 is 23.5. The Bertz CT molecular complexity index is 2360. The minimum Gasteiger partial charge on any atom is -0.497 e. The minimum absolute atomic E-state index is 0.0474. The Balaban J connectivity index is 1.51. The van der Waals surface area contributed by atoms with Crippen LogP contribution in [-0.4, -0.2) is 56.6 Å². The van der Waals surface area contributed by atoms with Crippen LogP contribution >= 0.6 is 0 Å². The number of hydrogen-bond acceptors (Lipinski definition) is 11. The number of ether oxygens (including phenoxy) is 4. The molecule has 1 aliphatic rings. The summed E-state index contributed by atoms with van der Waals surface area (Å²) in [5, 5.41) is 21.9. The Morgan fingerprint density at radius 2 is 1.35 bits per heavy atom. The molecule has 282 valence electrons. The number of esters is 2. The number of benzene rings is 3. The Labute approximate surface area is 313 Å². The quantitative estimate of drug-likeness (QED) is 0.129. The highest BCUT2D eigenvalue weighted by Gasteiger charge is 2.48. The monoisotopic (exact) mass is 736 g/mol. The van der Waals surface area contributed by atoms with Crippen molar-refractivity contribution in [3.8, 4) is 23.1 Å². The number of carboxylic acids is 1. The molecule has 0 aliphatic heterocycles. The Kier molecular flexibility index (Phi) is 10.6. The van der Waals surface area contributed by atoms with E-state index in [0.717, 1.165) is 17.7 Å². The van der Waals surface area contributed by atoms with Crippen molar-refractivity contribution < 1.29 is 48.3 Å². The summed E-state index contributed by atoms with van der Waals surface area (Å²) in [7, 11) is 1.24. The van der Waals surface area contributed by atoms with Gasteiger partial charge >= 0.3 is 17.9 Å². The maximum atomic E-state index is 14.0. The molecule has 4 aromatic rings. The molecule has 0 spiro atoms. The molecule has 5 rings (SSSR count). The zero-order chi connectivity index (χ0) is 40.1. The molecule has 1 unspecified atom stereocenters. The highest BCUT2D eigenvalue weighted by atomic mass is 16.6. The minimum atomic E-state index is -2.32. The van der Waals surface area contributed by atoms with Gasteiger partial charge in [-0.15, -0.1) is 0 Å². The first-order valence-corrected chi connectivity index (χ1v) is 17.4. The molecule has 12 nitrogen and oxygen atoms in total. The second kappa shape index (κ2) is 14.5. The van der Waals surface area contributed by atoms with Crippen LogP contribution in [0.3, 0.4) is 0 Å². The van der Waals surface area contributed by atoms with Crippen molar-refractivity contribution in [3.05, 3.63) is 103 Å². The normalized spacial score (nSPS) is 15.5. The van der Waals surface area contributed by atoms with Gasteiger partial charge < -0.3 is 29.2 Å².